The van der Waals surface area contributed by atoms with Gasteiger partial charge in [0.1, 0.15) is 11.5 Å². The number of hydrogen-bond donors (Lipinski definition) is 0. The van der Waals surface area contributed by atoms with Crippen molar-refractivity contribution >= 4 is 11.8 Å². The Morgan fingerprint density at radius 1 is 1.21 bits per heavy atom. The van der Waals surface area contributed by atoms with Crippen LogP contribution in [-0.2, 0) is 20.9 Å². The molecular formula is C22H36N2O4. The second-order valence-corrected chi connectivity index (χ2v) is 8.12. The average molecular weight is 393 g/mol. The molecule has 28 heavy (non-hydrogen) atoms. The summed E-state index contributed by atoms with van der Waals surface area (Å²) in [5.41, 5.74) is 0. The van der Waals surface area contributed by atoms with Gasteiger partial charge in [-0.05, 0) is 45.2 Å². The number of hydrogen-bond acceptors (Lipinski definition) is 4. The van der Waals surface area contributed by atoms with E-state index in [0.717, 1.165) is 17.9 Å². The van der Waals surface area contributed by atoms with Crippen LogP contribution >= 0.6 is 0 Å². The Kier molecular flexibility index (Phi) is 9.03. The van der Waals surface area contributed by atoms with E-state index in [1.54, 1.807) is 16.9 Å². The molecule has 2 amide bonds. The number of rotatable bonds is 11. The van der Waals surface area contributed by atoms with E-state index in [1.807, 2.05) is 32.9 Å². The molecule has 0 spiro atoms. The number of carbonyl (C=O) groups is 2. The fourth-order valence-electron chi connectivity index (χ4n) is 3.83. The van der Waals surface area contributed by atoms with Crippen molar-refractivity contribution in [1.82, 2.24) is 9.80 Å². The lowest BCUT2D eigenvalue weighted by Gasteiger charge is -2.30. The molecule has 0 unspecified atom stereocenters. The van der Waals surface area contributed by atoms with Crippen LogP contribution in [0.1, 0.15) is 63.9 Å². The molecule has 1 fully saturated rings. The quantitative estimate of drug-likeness (QED) is 0.575. The first-order valence-corrected chi connectivity index (χ1v) is 10.5. The van der Waals surface area contributed by atoms with Crippen molar-refractivity contribution in [2.45, 2.75) is 71.9 Å². The standard InChI is InChI=1S/C22H36N2O4/c1-17(2)24(21(25)12-10-19-7-5-6-8-19)16-22(26)23(13-14-27-4)15-20-11-9-18(3)28-20/h9,11,17,19H,5-8,10,12-16H2,1-4H3. The molecule has 0 bridgehead atoms. The molecule has 158 valence electrons. The first-order valence-electron chi connectivity index (χ1n) is 10.5. The molecule has 1 aromatic rings. The molecule has 6 nitrogen and oxygen atoms in total. The largest absolute Gasteiger partial charge is 0.464 e. The van der Waals surface area contributed by atoms with Crippen molar-refractivity contribution in [2.75, 3.05) is 26.8 Å². The maximum atomic E-state index is 13.0. The number of ether oxygens (including phenoxy) is 1. The van der Waals surface area contributed by atoms with Crippen LogP contribution < -0.4 is 0 Å². The Balaban J connectivity index is 1.96. The van der Waals surface area contributed by atoms with Crippen molar-refractivity contribution in [3.63, 3.8) is 0 Å². The van der Waals surface area contributed by atoms with E-state index < -0.39 is 0 Å². The Hall–Kier alpha value is -1.82. The van der Waals surface area contributed by atoms with Crippen LogP contribution in [0.25, 0.3) is 0 Å². The minimum atomic E-state index is -0.0750. The molecule has 0 saturated heterocycles. The maximum absolute atomic E-state index is 13.0. The minimum absolute atomic E-state index is 0.00448. The molecule has 0 aliphatic heterocycles. The smallest absolute Gasteiger partial charge is 0.242 e. The van der Waals surface area contributed by atoms with Crippen LogP contribution in [0.3, 0.4) is 0 Å². The molecule has 1 aliphatic carbocycles. The highest BCUT2D eigenvalue weighted by Crippen LogP contribution is 2.28. The summed E-state index contributed by atoms with van der Waals surface area (Å²) in [6.45, 7) is 7.23. The Bertz CT molecular complexity index is 620. The second kappa shape index (κ2) is 11.2. The third kappa shape index (κ3) is 6.97. The van der Waals surface area contributed by atoms with E-state index >= 15 is 0 Å². The molecule has 1 aliphatic rings. The first-order chi connectivity index (χ1) is 13.4. The van der Waals surface area contributed by atoms with Crippen molar-refractivity contribution in [2.24, 2.45) is 5.92 Å². The predicted octanol–water partition coefficient (Wildman–Crippen LogP) is 3.77. The van der Waals surface area contributed by atoms with Crippen LogP contribution in [0.2, 0.25) is 0 Å². The van der Waals surface area contributed by atoms with Crippen molar-refractivity contribution in [3.8, 4) is 0 Å². The highest BCUT2D eigenvalue weighted by Gasteiger charge is 2.25. The lowest BCUT2D eigenvalue weighted by molar-refractivity contribution is -0.143. The van der Waals surface area contributed by atoms with Crippen LogP contribution in [0, 0.1) is 12.8 Å². The molecule has 2 rings (SSSR count). The summed E-state index contributed by atoms with van der Waals surface area (Å²) in [7, 11) is 1.62. The molecule has 0 atom stereocenters. The highest BCUT2D eigenvalue weighted by molar-refractivity contribution is 5.85. The van der Waals surface area contributed by atoms with Gasteiger partial charge in [-0.25, -0.2) is 0 Å². The number of methoxy groups -OCH3 is 1. The Labute approximate surface area is 169 Å². The Morgan fingerprint density at radius 3 is 2.50 bits per heavy atom. The molecular weight excluding hydrogens is 356 g/mol. The van der Waals surface area contributed by atoms with Crippen LogP contribution in [0.15, 0.2) is 16.5 Å². The normalized spacial score (nSPS) is 14.6. The van der Waals surface area contributed by atoms with Gasteiger partial charge < -0.3 is 19.0 Å². The second-order valence-electron chi connectivity index (χ2n) is 8.12. The summed E-state index contributed by atoms with van der Waals surface area (Å²) in [4.78, 5) is 29.2. The summed E-state index contributed by atoms with van der Waals surface area (Å²) in [5, 5.41) is 0. The van der Waals surface area contributed by atoms with Gasteiger partial charge in [0.15, 0.2) is 0 Å². The minimum Gasteiger partial charge on any atom is -0.464 e. The summed E-state index contributed by atoms with van der Waals surface area (Å²) < 4.78 is 10.8. The fraction of sp³-hybridized carbons (Fsp3) is 0.727. The number of nitrogens with zero attached hydrogens (tertiary/aromatic N) is 2. The van der Waals surface area contributed by atoms with Gasteiger partial charge in [-0.1, -0.05) is 25.7 Å². The lowest BCUT2D eigenvalue weighted by Crippen LogP contribution is -2.46. The van der Waals surface area contributed by atoms with Crippen LogP contribution in [0.5, 0.6) is 0 Å². The average Bonchev–Trinajstić information content (AvgIpc) is 3.32. The number of amides is 2. The van der Waals surface area contributed by atoms with Crippen molar-refractivity contribution in [1.29, 1.82) is 0 Å². The lowest BCUT2D eigenvalue weighted by atomic mass is 10.0. The molecule has 1 aromatic heterocycles. The number of aryl methyl sites for hydroxylation is 1. The van der Waals surface area contributed by atoms with E-state index in [0.29, 0.717) is 32.0 Å². The number of carbonyl (C=O) groups excluding carboxylic acids is 2. The SMILES string of the molecule is COCCN(Cc1ccc(C)o1)C(=O)CN(C(=O)CCC1CCCC1)C(C)C. The molecule has 1 saturated carbocycles. The van der Waals surface area contributed by atoms with Gasteiger partial charge in [-0.3, -0.25) is 9.59 Å². The van der Waals surface area contributed by atoms with Gasteiger partial charge >= 0.3 is 0 Å². The predicted molar refractivity (Wildman–Crippen MR) is 109 cm³/mol. The third-order valence-electron chi connectivity index (χ3n) is 5.55. The van der Waals surface area contributed by atoms with E-state index in [-0.39, 0.29) is 24.4 Å². The van der Waals surface area contributed by atoms with Gasteiger partial charge in [0.05, 0.1) is 19.7 Å². The van der Waals surface area contributed by atoms with Gasteiger partial charge in [0.25, 0.3) is 0 Å². The molecule has 0 aromatic carbocycles. The molecule has 1 heterocycles. The van der Waals surface area contributed by atoms with E-state index in [1.165, 1.54) is 25.7 Å². The zero-order valence-corrected chi connectivity index (χ0v) is 17.9. The third-order valence-corrected chi connectivity index (χ3v) is 5.55. The molecule has 6 heteroatoms. The van der Waals surface area contributed by atoms with Crippen LogP contribution in [0.4, 0.5) is 0 Å². The van der Waals surface area contributed by atoms with Crippen LogP contribution in [-0.4, -0.2) is 54.5 Å². The summed E-state index contributed by atoms with van der Waals surface area (Å²) in [6.07, 6.45) is 6.52. The monoisotopic (exact) mass is 392 g/mol. The first kappa shape index (κ1) is 22.5. The van der Waals surface area contributed by atoms with Gasteiger partial charge in [-0.2, -0.15) is 0 Å². The Morgan fingerprint density at radius 2 is 1.93 bits per heavy atom. The fourth-order valence-corrected chi connectivity index (χ4v) is 3.83. The van der Waals surface area contributed by atoms with Crippen molar-refractivity contribution < 1.29 is 18.7 Å². The van der Waals surface area contributed by atoms with E-state index in [4.69, 9.17) is 9.15 Å². The van der Waals surface area contributed by atoms with Crippen molar-refractivity contribution in [3.05, 3.63) is 23.7 Å². The zero-order chi connectivity index (χ0) is 20.5. The van der Waals surface area contributed by atoms with E-state index in [2.05, 4.69) is 0 Å². The number of furan rings is 1. The van der Waals surface area contributed by atoms with E-state index in [9.17, 15) is 9.59 Å². The summed E-state index contributed by atoms with van der Waals surface area (Å²) >= 11 is 0. The molecule has 0 radical (unpaired) electrons. The molecule has 0 N–H and O–H groups in total. The van der Waals surface area contributed by atoms with Gasteiger partial charge in [0, 0.05) is 26.1 Å². The van der Waals surface area contributed by atoms with Gasteiger partial charge in [-0.15, -0.1) is 0 Å². The summed E-state index contributed by atoms with van der Waals surface area (Å²) in [5.74, 6) is 2.24. The van der Waals surface area contributed by atoms with Gasteiger partial charge in [0.2, 0.25) is 11.8 Å². The maximum Gasteiger partial charge on any atom is 0.242 e. The highest BCUT2D eigenvalue weighted by atomic mass is 16.5. The zero-order valence-electron chi connectivity index (χ0n) is 17.9. The summed E-state index contributed by atoms with van der Waals surface area (Å²) in [6, 6.07) is 3.77. The topological polar surface area (TPSA) is 63.0 Å².